The van der Waals surface area contributed by atoms with Gasteiger partial charge in [0.1, 0.15) is 5.76 Å². The molecule has 2 heterocycles. The molecule has 0 radical (unpaired) electrons. The van der Waals surface area contributed by atoms with Crippen LogP contribution in [0.25, 0.3) is 0 Å². The first-order valence-corrected chi connectivity index (χ1v) is 6.01. The predicted octanol–water partition coefficient (Wildman–Crippen LogP) is 3.48. The standard InChI is InChI=1S/C14H18N2O/c1-3-12(14-8-6-10-17-14)16-11(2)13-7-4-5-9-15-13/h4-12,16H,3H2,1-2H3/t11-,12?/m0/s1. The largest absolute Gasteiger partial charge is 0.468 e. The molecule has 0 aliphatic rings. The van der Waals surface area contributed by atoms with Crippen LogP contribution in [-0.4, -0.2) is 4.98 Å². The van der Waals surface area contributed by atoms with Crippen LogP contribution in [0.3, 0.4) is 0 Å². The van der Waals surface area contributed by atoms with Crippen molar-refractivity contribution in [2.45, 2.75) is 32.4 Å². The number of hydrogen-bond donors (Lipinski definition) is 1. The summed E-state index contributed by atoms with van der Waals surface area (Å²) in [5.74, 6) is 0.982. The van der Waals surface area contributed by atoms with Crippen LogP contribution >= 0.6 is 0 Å². The average Bonchev–Trinajstić information content (AvgIpc) is 2.90. The van der Waals surface area contributed by atoms with Gasteiger partial charge in [0, 0.05) is 12.2 Å². The Labute approximate surface area is 102 Å². The highest BCUT2D eigenvalue weighted by Crippen LogP contribution is 2.21. The van der Waals surface area contributed by atoms with Crippen LogP contribution < -0.4 is 5.32 Å². The maximum atomic E-state index is 5.44. The fourth-order valence-corrected chi connectivity index (χ4v) is 1.91. The summed E-state index contributed by atoms with van der Waals surface area (Å²) in [6.45, 7) is 4.26. The average molecular weight is 230 g/mol. The molecule has 0 aromatic carbocycles. The Kier molecular flexibility index (Phi) is 3.94. The molecule has 0 fully saturated rings. The Morgan fingerprint density at radius 1 is 1.29 bits per heavy atom. The zero-order valence-electron chi connectivity index (χ0n) is 10.3. The minimum absolute atomic E-state index is 0.214. The minimum atomic E-state index is 0.214. The van der Waals surface area contributed by atoms with Crippen molar-refractivity contribution in [1.82, 2.24) is 10.3 Å². The van der Waals surface area contributed by atoms with Crippen molar-refractivity contribution in [3.63, 3.8) is 0 Å². The van der Waals surface area contributed by atoms with Crippen molar-refractivity contribution < 1.29 is 4.42 Å². The molecule has 90 valence electrons. The van der Waals surface area contributed by atoms with Gasteiger partial charge in [0.25, 0.3) is 0 Å². The first kappa shape index (κ1) is 11.9. The smallest absolute Gasteiger partial charge is 0.120 e. The zero-order valence-corrected chi connectivity index (χ0v) is 10.3. The third kappa shape index (κ3) is 2.94. The van der Waals surface area contributed by atoms with Crippen LogP contribution in [0.2, 0.25) is 0 Å². The van der Waals surface area contributed by atoms with Gasteiger partial charge in [-0.3, -0.25) is 10.3 Å². The highest BCUT2D eigenvalue weighted by molar-refractivity contribution is 5.10. The molecule has 0 spiro atoms. The van der Waals surface area contributed by atoms with Crippen LogP contribution in [0.5, 0.6) is 0 Å². The van der Waals surface area contributed by atoms with E-state index >= 15 is 0 Å². The quantitative estimate of drug-likeness (QED) is 0.854. The van der Waals surface area contributed by atoms with Gasteiger partial charge in [-0.25, -0.2) is 0 Å². The summed E-state index contributed by atoms with van der Waals surface area (Å²) < 4.78 is 5.44. The van der Waals surface area contributed by atoms with Gasteiger partial charge < -0.3 is 4.42 Å². The molecule has 2 rings (SSSR count). The van der Waals surface area contributed by atoms with Crippen molar-refractivity contribution in [2.75, 3.05) is 0 Å². The highest BCUT2D eigenvalue weighted by atomic mass is 16.3. The summed E-state index contributed by atoms with van der Waals surface area (Å²) in [7, 11) is 0. The molecular weight excluding hydrogens is 212 g/mol. The molecule has 0 amide bonds. The van der Waals surface area contributed by atoms with Gasteiger partial charge >= 0.3 is 0 Å². The third-order valence-electron chi connectivity index (χ3n) is 2.88. The molecule has 17 heavy (non-hydrogen) atoms. The molecule has 0 bridgehead atoms. The molecule has 0 saturated heterocycles. The first-order valence-electron chi connectivity index (χ1n) is 6.01. The summed E-state index contributed by atoms with van der Waals surface area (Å²) in [5, 5.41) is 3.53. The predicted molar refractivity (Wildman–Crippen MR) is 67.5 cm³/mol. The number of nitrogens with zero attached hydrogens (tertiary/aromatic N) is 1. The second kappa shape index (κ2) is 5.64. The fraction of sp³-hybridized carbons (Fsp3) is 0.357. The van der Waals surface area contributed by atoms with Crippen molar-refractivity contribution in [3.05, 3.63) is 54.2 Å². The topological polar surface area (TPSA) is 38.1 Å². The molecule has 2 aromatic heterocycles. The number of aromatic nitrogens is 1. The lowest BCUT2D eigenvalue weighted by Gasteiger charge is -2.20. The Balaban J connectivity index is 2.05. The second-order valence-electron chi connectivity index (χ2n) is 4.12. The fourth-order valence-electron chi connectivity index (χ4n) is 1.91. The number of rotatable bonds is 5. The Morgan fingerprint density at radius 2 is 2.18 bits per heavy atom. The molecule has 0 saturated carbocycles. The molecule has 0 aliphatic heterocycles. The Bertz CT molecular complexity index is 425. The van der Waals surface area contributed by atoms with Gasteiger partial charge in [-0.15, -0.1) is 0 Å². The monoisotopic (exact) mass is 230 g/mol. The summed E-state index contributed by atoms with van der Waals surface area (Å²) in [4.78, 5) is 4.35. The van der Waals surface area contributed by atoms with E-state index in [0.717, 1.165) is 17.9 Å². The van der Waals surface area contributed by atoms with E-state index in [9.17, 15) is 0 Å². The Hall–Kier alpha value is -1.61. The van der Waals surface area contributed by atoms with E-state index in [2.05, 4.69) is 24.1 Å². The van der Waals surface area contributed by atoms with Gasteiger partial charge in [-0.05, 0) is 37.6 Å². The van der Waals surface area contributed by atoms with Crippen LogP contribution in [0.15, 0.2) is 47.2 Å². The zero-order chi connectivity index (χ0) is 12.1. The maximum Gasteiger partial charge on any atom is 0.120 e. The summed E-state index contributed by atoms with van der Waals surface area (Å²) >= 11 is 0. The van der Waals surface area contributed by atoms with Gasteiger partial charge in [-0.1, -0.05) is 13.0 Å². The van der Waals surface area contributed by atoms with E-state index in [0.29, 0.717) is 0 Å². The molecule has 3 nitrogen and oxygen atoms in total. The molecule has 0 aliphatic carbocycles. The van der Waals surface area contributed by atoms with Crippen LogP contribution in [0, 0.1) is 0 Å². The lowest BCUT2D eigenvalue weighted by atomic mass is 10.1. The van der Waals surface area contributed by atoms with Crippen LogP contribution in [-0.2, 0) is 0 Å². The van der Waals surface area contributed by atoms with Gasteiger partial charge in [0.2, 0.25) is 0 Å². The Morgan fingerprint density at radius 3 is 2.76 bits per heavy atom. The normalized spacial score (nSPS) is 14.5. The SMILES string of the molecule is CCC(N[C@@H](C)c1ccccn1)c1ccco1. The van der Waals surface area contributed by atoms with E-state index in [1.807, 2.05) is 36.5 Å². The first-order chi connectivity index (χ1) is 8.31. The summed E-state index contributed by atoms with van der Waals surface area (Å²) in [6, 6.07) is 10.4. The maximum absolute atomic E-state index is 5.44. The molecule has 1 N–H and O–H groups in total. The number of furan rings is 1. The summed E-state index contributed by atoms with van der Waals surface area (Å²) in [6.07, 6.45) is 4.52. The van der Waals surface area contributed by atoms with E-state index in [1.54, 1.807) is 6.26 Å². The van der Waals surface area contributed by atoms with Gasteiger partial charge in [-0.2, -0.15) is 0 Å². The van der Waals surface area contributed by atoms with E-state index in [-0.39, 0.29) is 12.1 Å². The van der Waals surface area contributed by atoms with Gasteiger partial charge in [0.15, 0.2) is 0 Å². The van der Waals surface area contributed by atoms with Crippen molar-refractivity contribution >= 4 is 0 Å². The second-order valence-corrected chi connectivity index (χ2v) is 4.12. The van der Waals surface area contributed by atoms with E-state index in [4.69, 9.17) is 4.42 Å². The van der Waals surface area contributed by atoms with Gasteiger partial charge in [0.05, 0.1) is 18.0 Å². The molecule has 3 heteroatoms. The molecule has 1 unspecified atom stereocenters. The number of hydrogen-bond acceptors (Lipinski definition) is 3. The summed E-state index contributed by atoms with van der Waals surface area (Å²) in [5.41, 5.74) is 1.05. The van der Waals surface area contributed by atoms with Crippen molar-refractivity contribution in [3.8, 4) is 0 Å². The van der Waals surface area contributed by atoms with Crippen LogP contribution in [0.1, 0.15) is 43.8 Å². The van der Waals surface area contributed by atoms with E-state index in [1.165, 1.54) is 0 Å². The number of nitrogens with one attached hydrogen (secondary N) is 1. The lowest BCUT2D eigenvalue weighted by molar-refractivity contribution is 0.374. The molecular formula is C14H18N2O. The molecule has 2 aromatic rings. The minimum Gasteiger partial charge on any atom is -0.468 e. The highest BCUT2D eigenvalue weighted by Gasteiger charge is 2.16. The van der Waals surface area contributed by atoms with Crippen molar-refractivity contribution in [2.24, 2.45) is 0 Å². The van der Waals surface area contributed by atoms with Crippen LogP contribution in [0.4, 0.5) is 0 Å². The third-order valence-corrected chi connectivity index (χ3v) is 2.88. The molecule has 2 atom stereocenters. The van der Waals surface area contributed by atoms with E-state index < -0.39 is 0 Å². The van der Waals surface area contributed by atoms with Crippen molar-refractivity contribution in [1.29, 1.82) is 0 Å². The lowest BCUT2D eigenvalue weighted by Crippen LogP contribution is -2.24. The number of pyridine rings is 1.